The van der Waals surface area contributed by atoms with E-state index >= 15 is 0 Å². The Morgan fingerprint density at radius 3 is 2.58 bits per heavy atom. The summed E-state index contributed by atoms with van der Waals surface area (Å²) >= 11 is 3.39. The van der Waals surface area contributed by atoms with Crippen molar-refractivity contribution in [2.24, 2.45) is 0 Å². The van der Waals surface area contributed by atoms with Crippen LogP contribution in [-0.4, -0.2) is 27.5 Å². The van der Waals surface area contributed by atoms with Crippen molar-refractivity contribution in [3.8, 4) is 5.75 Å². The Balaban J connectivity index is 2.16. The van der Waals surface area contributed by atoms with Gasteiger partial charge in [-0.1, -0.05) is 22.0 Å². The van der Waals surface area contributed by atoms with E-state index in [0.717, 1.165) is 10.0 Å². The van der Waals surface area contributed by atoms with Gasteiger partial charge in [-0.15, -0.1) is 0 Å². The highest BCUT2D eigenvalue weighted by molar-refractivity contribution is 9.10. The summed E-state index contributed by atoms with van der Waals surface area (Å²) in [4.78, 5) is 12.5. The van der Waals surface area contributed by atoms with Gasteiger partial charge in [0.1, 0.15) is 5.75 Å². The Labute approximate surface area is 162 Å². The van der Waals surface area contributed by atoms with Crippen LogP contribution >= 0.6 is 15.9 Å². The van der Waals surface area contributed by atoms with E-state index in [2.05, 4.69) is 26.0 Å². The van der Waals surface area contributed by atoms with Crippen molar-refractivity contribution in [3.63, 3.8) is 0 Å². The lowest BCUT2D eigenvalue weighted by molar-refractivity contribution is 0.0950. The average molecular weight is 441 g/mol. The summed E-state index contributed by atoms with van der Waals surface area (Å²) in [5.74, 6) is 0.291. The molecule has 0 aromatic heterocycles. The van der Waals surface area contributed by atoms with Gasteiger partial charge in [0.15, 0.2) is 0 Å². The smallest absolute Gasteiger partial charge is 0.251 e. The summed E-state index contributed by atoms with van der Waals surface area (Å²) in [5.41, 5.74) is 1.08. The van der Waals surface area contributed by atoms with Gasteiger partial charge in [0.2, 0.25) is 10.0 Å². The van der Waals surface area contributed by atoms with E-state index in [4.69, 9.17) is 4.74 Å². The minimum Gasteiger partial charge on any atom is -0.496 e. The number of rotatable bonds is 7. The van der Waals surface area contributed by atoms with Crippen molar-refractivity contribution in [1.29, 1.82) is 0 Å². The molecular weight excluding hydrogens is 420 g/mol. The molecule has 26 heavy (non-hydrogen) atoms. The lowest BCUT2D eigenvalue weighted by atomic mass is 10.1. The molecule has 8 heteroatoms. The van der Waals surface area contributed by atoms with Crippen molar-refractivity contribution in [2.45, 2.75) is 31.3 Å². The van der Waals surface area contributed by atoms with Crippen LogP contribution in [-0.2, 0) is 16.6 Å². The first kappa shape index (κ1) is 20.4. The molecule has 6 nitrogen and oxygen atoms in total. The van der Waals surface area contributed by atoms with E-state index in [1.54, 1.807) is 39.2 Å². The van der Waals surface area contributed by atoms with Crippen LogP contribution in [0.5, 0.6) is 5.75 Å². The van der Waals surface area contributed by atoms with E-state index < -0.39 is 10.0 Å². The van der Waals surface area contributed by atoms with Gasteiger partial charge in [0, 0.05) is 28.2 Å². The number of carbonyl (C=O) groups is 1. The van der Waals surface area contributed by atoms with Crippen molar-refractivity contribution < 1.29 is 17.9 Å². The summed E-state index contributed by atoms with van der Waals surface area (Å²) < 4.78 is 33.2. The molecule has 2 aromatic carbocycles. The fraction of sp³-hybridized carbons (Fsp3) is 0.278. The Kier molecular flexibility index (Phi) is 6.80. The number of methoxy groups -OCH3 is 1. The SMILES string of the molecule is COc1ccc(Br)cc1CNC(=O)c1cccc(S(=O)(=O)NC(C)C)c1. The first-order valence-electron chi connectivity index (χ1n) is 7.96. The number of hydrogen-bond acceptors (Lipinski definition) is 4. The fourth-order valence-electron chi connectivity index (χ4n) is 2.35. The number of benzene rings is 2. The Morgan fingerprint density at radius 1 is 1.19 bits per heavy atom. The summed E-state index contributed by atoms with van der Waals surface area (Å²) in [7, 11) is -2.10. The van der Waals surface area contributed by atoms with Crippen molar-refractivity contribution >= 4 is 31.9 Å². The minimum absolute atomic E-state index is 0.0545. The number of ether oxygens (including phenoxy) is 1. The van der Waals surface area contributed by atoms with Gasteiger partial charge < -0.3 is 10.1 Å². The standard InChI is InChI=1S/C18H21BrN2O4S/c1-12(2)21-26(23,24)16-6-4-5-13(10-16)18(22)20-11-14-9-15(19)7-8-17(14)25-3/h4-10,12,21H,11H2,1-3H3,(H,20,22). The number of sulfonamides is 1. The molecule has 2 aromatic rings. The zero-order valence-corrected chi connectivity index (χ0v) is 17.1. The predicted molar refractivity (Wildman–Crippen MR) is 104 cm³/mol. The average Bonchev–Trinajstić information content (AvgIpc) is 2.59. The van der Waals surface area contributed by atoms with Gasteiger partial charge in [-0.3, -0.25) is 4.79 Å². The summed E-state index contributed by atoms with van der Waals surface area (Å²) in [5, 5.41) is 2.78. The summed E-state index contributed by atoms with van der Waals surface area (Å²) in [6, 6.07) is 11.2. The Morgan fingerprint density at radius 2 is 1.92 bits per heavy atom. The van der Waals surface area contributed by atoms with E-state index in [1.165, 1.54) is 12.1 Å². The van der Waals surface area contributed by atoms with Crippen LogP contribution in [0.1, 0.15) is 29.8 Å². The van der Waals surface area contributed by atoms with Gasteiger partial charge in [0.05, 0.1) is 12.0 Å². The molecule has 0 unspecified atom stereocenters. The second kappa shape index (κ2) is 8.66. The molecule has 0 fully saturated rings. The van der Waals surface area contributed by atoms with Gasteiger partial charge in [-0.05, 0) is 50.2 Å². The van der Waals surface area contributed by atoms with Gasteiger partial charge in [-0.2, -0.15) is 0 Å². The summed E-state index contributed by atoms with van der Waals surface area (Å²) in [6.45, 7) is 3.72. The maximum absolute atomic E-state index is 12.4. The molecule has 0 aliphatic carbocycles. The number of nitrogens with one attached hydrogen (secondary N) is 2. The van der Waals surface area contributed by atoms with Crippen molar-refractivity contribution in [1.82, 2.24) is 10.0 Å². The quantitative estimate of drug-likeness (QED) is 0.692. The van der Waals surface area contributed by atoms with Crippen LogP contribution in [0.2, 0.25) is 0 Å². The summed E-state index contributed by atoms with van der Waals surface area (Å²) in [6.07, 6.45) is 0. The third-order valence-electron chi connectivity index (χ3n) is 3.48. The monoisotopic (exact) mass is 440 g/mol. The van der Waals surface area contributed by atoms with E-state index in [1.807, 2.05) is 12.1 Å². The highest BCUT2D eigenvalue weighted by atomic mass is 79.9. The molecule has 0 saturated carbocycles. The largest absolute Gasteiger partial charge is 0.496 e. The van der Waals surface area contributed by atoms with Crippen LogP contribution in [0, 0.1) is 0 Å². The molecule has 0 saturated heterocycles. The van der Waals surface area contributed by atoms with Crippen molar-refractivity contribution in [3.05, 3.63) is 58.1 Å². The van der Waals surface area contributed by atoms with Gasteiger partial charge in [-0.25, -0.2) is 13.1 Å². The maximum Gasteiger partial charge on any atom is 0.251 e. The number of halogens is 1. The normalized spacial score (nSPS) is 11.4. The first-order valence-corrected chi connectivity index (χ1v) is 10.2. The topological polar surface area (TPSA) is 84.5 Å². The van der Waals surface area contributed by atoms with Crippen molar-refractivity contribution in [2.75, 3.05) is 7.11 Å². The predicted octanol–water partition coefficient (Wildman–Crippen LogP) is 3.07. The number of amides is 1. The van der Waals surface area contributed by atoms with Gasteiger partial charge in [0.25, 0.3) is 5.91 Å². The maximum atomic E-state index is 12.4. The molecule has 0 heterocycles. The zero-order chi connectivity index (χ0) is 19.3. The highest BCUT2D eigenvalue weighted by Gasteiger charge is 2.17. The van der Waals surface area contributed by atoms with Crippen LogP contribution in [0.15, 0.2) is 51.8 Å². The lowest BCUT2D eigenvalue weighted by Gasteiger charge is -2.12. The van der Waals surface area contributed by atoms with Crippen LogP contribution in [0.3, 0.4) is 0 Å². The Hall–Kier alpha value is -1.90. The van der Waals surface area contributed by atoms with Crippen LogP contribution in [0.4, 0.5) is 0 Å². The molecule has 0 spiro atoms. The molecule has 0 aliphatic heterocycles. The third kappa shape index (κ3) is 5.30. The molecule has 2 N–H and O–H groups in total. The number of hydrogen-bond donors (Lipinski definition) is 2. The Bertz CT molecular complexity index is 898. The molecule has 0 atom stereocenters. The highest BCUT2D eigenvalue weighted by Crippen LogP contribution is 2.23. The van der Waals surface area contributed by atoms with Crippen LogP contribution in [0.25, 0.3) is 0 Å². The molecule has 140 valence electrons. The number of carbonyl (C=O) groups excluding carboxylic acids is 1. The second-order valence-electron chi connectivity index (χ2n) is 5.94. The molecule has 0 bridgehead atoms. The van der Waals surface area contributed by atoms with Crippen LogP contribution < -0.4 is 14.8 Å². The first-order chi connectivity index (χ1) is 12.2. The van der Waals surface area contributed by atoms with Gasteiger partial charge >= 0.3 is 0 Å². The fourth-order valence-corrected chi connectivity index (χ4v) is 4.05. The molecule has 2 rings (SSSR count). The lowest BCUT2D eigenvalue weighted by Crippen LogP contribution is -2.30. The molecule has 0 radical (unpaired) electrons. The molecule has 1 amide bonds. The zero-order valence-electron chi connectivity index (χ0n) is 14.7. The van der Waals surface area contributed by atoms with E-state index in [0.29, 0.717) is 5.75 Å². The van der Waals surface area contributed by atoms with E-state index in [9.17, 15) is 13.2 Å². The third-order valence-corrected chi connectivity index (χ3v) is 5.63. The minimum atomic E-state index is -3.66. The van der Waals surface area contributed by atoms with E-state index in [-0.39, 0.29) is 29.0 Å². The second-order valence-corrected chi connectivity index (χ2v) is 8.57. The molecular formula is C18H21BrN2O4S. The molecule has 0 aliphatic rings.